The van der Waals surface area contributed by atoms with E-state index in [1.807, 2.05) is 0 Å². The molecule has 1 fully saturated rings. The van der Waals surface area contributed by atoms with E-state index in [0.717, 1.165) is 6.61 Å². The van der Waals surface area contributed by atoms with Gasteiger partial charge >= 0.3 is 0 Å². The lowest BCUT2D eigenvalue weighted by molar-refractivity contribution is 0.141. The third-order valence-electron chi connectivity index (χ3n) is 2.30. The molecule has 1 heterocycles. The molecule has 2 unspecified atom stereocenters. The molecule has 2 heteroatoms. The summed E-state index contributed by atoms with van der Waals surface area (Å²) in [4.78, 5) is 0. The maximum atomic E-state index is 5.45. The molecular formula is C11H20O2. The monoisotopic (exact) mass is 184 g/mol. The van der Waals surface area contributed by atoms with Crippen LogP contribution in [0.1, 0.15) is 32.6 Å². The molecule has 13 heavy (non-hydrogen) atoms. The predicted octanol–water partition coefficient (Wildman–Crippen LogP) is 2.54. The molecule has 0 radical (unpaired) electrons. The molecule has 0 N–H and O–H groups in total. The number of epoxide rings is 1. The summed E-state index contributed by atoms with van der Waals surface area (Å²) in [6.45, 7) is 7.19. The molecule has 0 aliphatic carbocycles. The van der Waals surface area contributed by atoms with Gasteiger partial charge in [-0.3, -0.25) is 0 Å². The van der Waals surface area contributed by atoms with E-state index in [2.05, 4.69) is 13.5 Å². The van der Waals surface area contributed by atoms with Gasteiger partial charge in [-0.25, -0.2) is 0 Å². The quantitative estimate of drug-likeness (QED) is 0.328. The Bertz CT molecular complexity index is 145. The van der Waals surface area contributed by atoms with Crippen LogP contribution in [0.25, 0.3) is 0 Å². The lowest BCUT2D eigenvalue weighted by Gasteiger charge is -1.96. The molecular weight excluding hydrogens is 164 g/mol. The molecule has 0 bridgehead atoms. The van der Waals surface area contributed by atoms with Gasteiger partial charge in [0.1, 0.15) is 6.10 Å². The summed E-state index contributed by atoms with van der Waals surface area (Å²) in [7, 11) is 0. The molecule has 1 saturated heterocycles. The van der Waals surface area contributed by atoms with Crippen LogP contribution in [0.4, 0.5) is 0 Å². The smallest absolute Gasteiger partial charge is 0.107 e. The Morgan fingerprint density at radius 2 is 2.23 bits per heavy atom. The molecule has 1 aliphatic rings. The van der Waals surface area contributed by atoms with Crippen LogP contribution in [-0.4, -0.2) is 25.4 Å². The third-order valence-corrected chi connectivity index (χ3v) is 2.30. The Hall–Kier alpha value is -0.340. The summed E-state index contributed by atoms with van der Waals surface area (Å²) < 4.78 is 10.8. The van der Waals surface area contributed by atoms with E-state index in [4.69, 9.17) is 9.47 Å². The fourth-order valence-corrected chi connectivity index (χ4v) is 1.44. The summed E-state index contributed by atoms with van der Waals surface area (Å²) in [5.74, 6) is 0. The fraction of sp³-hybridized carbons (Fsp3) is 0.818. The Labute approximate surface area is 80.9 Å². The molecule has 76 valence electrons. The van der Waals surface area contributed by atoms with Crippen molar-refractivity contribution >= 4 is 0 Å². The molecule has 0 amide bonds. The average Bonchev–Trinajstić information content (AvgIpc) is 2.85. The minimum Gasteiger partial charge on any atom is -0.375 e. The highest BCUT2D eigenvalue weighted by Gasteiger charge is 2.37. The predicted molar refractivity (Wildman–Crippen MR) is 53.8 cm³/mol. The summed E-state index contributed by atoms with van der Waals surface area (Å²) >= 11 is 0. The summed E-state index contributed by atoms with van der Waals surface area (Å²) in [6, 6.07) is 0. The number of hydrogen-bond acceptors (Lipinski definition) is 2. The molecule has 0 aromatic heterocycles. The first-order chi connectivity index (χ1) is 6.38. The van der Waals surface area contributed by atoms with Crippen LogP contribution >= 0.6 is 0 Å². The van der Waals surface area contributed by atoms with E-state index in [9.17, 15) is 0 Å². The lowest BCUT2D eigenvalue weighted by atomic mass is 10.1. The van der Waals surface area contributed by atoms with Crippen molar-refractivity contribution in [2.75, 3.05) is 13.2 Å². The van der Waals surface area contributed by atoms with Gasteiger partial charge in [-0.05, 0) is 6.42 Å². The average molecular weight is 184 g/mol. The van der Waals surface area contributed by atoms with Crippen molar-refractivity contribution in [2.24, 2.45) is 0 Å². The normalized spacial score (nSPS) is 25.9. The van der Waals surface area contributed by atoms with Crippen molar-refractivity contribution in [3.63, 3.8) is 0 Å². The standard InChI is InChI=1S/C11H20O2/c1-3-5-6-7-10-11(13-10)9-12-8-4-2/h4,10-11H,2-3,5-9H2,1H3. The molecule has 2 nitrogen and oxygen atoms in total. The first kappa shape index (κ1) is 10.7. The van der Waals surface area contributed by atoms with Gasteiger partial charge in [0, 0.05) is 0 Å². The minimum absolute atomic E-state index is 0.372. The fourth-order valence-electron chi connectivity index (χ4n) is 1.44. The van der Waals surface area contributed by atoms with Gasteiger partial charge in [0.2, 0.25) is 0 Å². The van der Waals surface area contributed by atoms with Gasteiger partial charge in [0.25, 0.3) is 0 Å². The third kappa shape index (κ3) is 4.44. The first-order valence-electron chi connectivity index (χ1n) is 5.22. The van der Waals surface area contributed by atoms with Crippen molar-refractivity contribution < 1.29 is 9.47 Å². The summed E-state index contributed by atoms with van der Waals surface area (Å²) in [6.07, 6.45) is 7.72. The highest BCUT2D eigenvalue weighted by Crippen LogP contribution is 2.27. The van der Waals surface area contributed by atoms with E-state index in [1.165, 1.54) is 25.7 Å². The second kappa shape index (κ2) is 6.17. The van der Waals surface area contributed by atoms with Crippen molar-refractivity contribution in [1.29, 1.82) is 0 Å². The highest BCUT2D eigenvalue weighted by molar-refractivity contribution is 4.84. The molecule has 0 spiro atoms. The maximum absolute atomic E-state index is 5.45. The van der Waals surface area contributed by atoms with Gasteiger partial charge in [0.15, 0.2) is 0 Å². The molecule has 0 saturated carbocycles. The Morgan fingerprint density at radius 1 is 1.38 bits per heavy atom. The summed E-state index contributed by atoms with van der Waals surface area (Å²) in [5.41, 5.74) is 0. The van der Waals surface area contributed by atoms with Crippen molar-refractivity contribution in [3.05, 3.63) is 12.7 Å². The van der Waals surface area contributed by atoms with E-state index >= 15 is 0 Å². The van der Waals surface area contributed by atoms with Crippen molar-refractivity contribution in [3.8, 4) is 0 Å². The largest absolute Gasteiger partial charge is 0.375 e. The van der Waals surface area contributed by atoms with Crippen LogP contribution < -0.4 is 0 Å². The second-order valence-corrected chi connectivity index (χ2v) is 3.53. The van der Waals surface area contributed by atoms with Gasteiger partial charge in [-0.2, -0.15) is 0 Å². The van der Waals surface area contributed by atoms with Crippen LogP contribution in [0, 0.1) is 0 Å². The van der Waals surface area contributed by atoms with Crippen LogP contribution in [0.5, 0.6) is 0 Å². The van der Waals surface area contributed by atoms with Gasteiger partial charge in [-0.1, -0.05) is 32.3 Å². The van der Waals surface area contributed by atoms with Crippen LogP contribution in [0.15, 0.2) is 12.7 Å². The molecule has 1 rings (SSSR count). The Morgan fingerprint density at radius 3 is 2.92 bits per heavy atom. The lowest BCUT2D eigenvalue weighted by Crippen LogP contribution is -2.04. The molecule has 1 aliphatic heterocycles. The van der Waals surface area contributed by atoms with Crippen LogP contribution in [0.2, 0.25) is 0 Å². The minimum atomic E-state index is 0.372. The second-order valence-electron chi connectivity index (χ2n) is 3.53. The van der Waals surface area contributed by atoms with E-state index in [0.29, 0.717) is 18.8 Å². The maximum Gasteiger partial charge on any atom is 0.107 e. The number of rotatable bonds is 8. The van der Waals surface area contributed by atoms with Crippen LogP contribution in [-0.2, 0) is 9.47 Å². The van der Waals surface area contributed by atoms with Gasteiger partial charge in [0.05, 0.1) is 19.3 Å². The van der Waals surface area contributed by atoms with Crippen LogP contribution in [0.3, 0.4) is 0 Å². The zero-order chi connectivity index (χ0) is 9.52. The van der Waals surface area contributed by atoms with Gasteiger partial charge < -0.3 is 9.47 Å². The number of unbranched alkanes of at least 4 members (excludes halogenated alkanes) is 2. The van der Waals surface area contributed by atoms with Gasteiger partial charge in [-0.15, -0.1) is 6.58 Å². The Kier molecular flexibility index (Phi) is 5.09. The zero-order valence-electron chi connectivity index (χ0n) is 8.50. The van der Waals surface area contributed by atoms with Crippen molar-refractivity contribution in [1.82, 2.24) is 0 Å². The molecule has 0 aromatic carbocycles. The van der Waals surface area contributed by atoms with E-state index < -0.39 is 0 Å². The first-order valence-corrected chi connectivity index (χ1v) is 5.22. The molecule has 2 atom stereocenters. The highest BCUT2D eigenvalue weighted by atomic mass is 16.6. The SMILES string of the molecule is C=CCOCC1OC1CCCCC. The number of ether oxygens (including phenoxy) is 2. The molecule has 0 aromatic rings. The Balaban J connectivity index is 1.87. The zero-order valence-corrected chi connectivity index (χ0v) is 8.50. The van der Waals surface area contributed by atoms with Crippen molar-refractivity contribution in [2.45, 2.75) is 44.8 Å². The topological polar surface area (TPSA) is 21.8 Å². The van der Waals surface area contributed by atoms with E-state index in [-0.39, 0.29) is 0 Å². The summed E-state index contributed by atoms with van der Waals surface area (Å²) in [5, 5.41) is 0. The number of hydrogen-bond donors (Lipinski definition) is 0. The van der Waals surface area contributed by atoms with E-state index in [1.54, 1.807) is 6.08 Å².